The van der Waals surface area contributed by atoms with Gasteiger partial charge in [0.15, 0.2) is 11.6 Å². The summed E-state index contributed by atoms with van der Waals surface area (Å²) in [5, 5.41) is 2.77. The van der Waals surface area contributed by atoms with Gasteiger partial charge in [-0.1, -0.05) is 36.4 Å². The molecule has 5 heteroatoms. The topological polar surface area (TPSA) is 60.5 Å². The third kappa shape index (κ3) is 5.20. The third-order valence-corrected chi connectivity index (χ3v) is 4.18. The number of aromatic nitrogens is 1. The number of ether oxygens (including phenoxy) is 2. The number of anilines is 1. The summed E-state index contributed by atoms with van der Waals surface area (Å²) in [6.07, 6.45) is 4.78. The van der Waals surface area contributed by atoms with Gasteiger partial charge in [-0.05, 0) is 54.0 Å². The number of aryl methyl sites for hydroxylation is 1. The molecule has 2 aromatic carbocycles. The number of amides is 1. The molecule has 1 N–H and O–H groups in total. The quantitative estimate of drug-likeness (QED) is 0.613. The highest BCUT2D eigenvalue weighted by molar-refractivity contribution is 6.02. The first kappa shape index (κ1) is 19.2. The van der Waals surface area contributed by atoms with Crippen molar-refractivity contribution in [3.63, 3.8) is 0 Å². The normalized spacial score (nSPS) is 10.6. The molecule has 3 rings (SSSR count). The number of rotatable bonds is 7. The van der Waals surface area contributed by atoms with Crippen molar-refractivity contribution in [1.29, 1.82) is 0 Å². The van der Waals surface area contributed by atoms with Gasteiger partial charge in [0.2, 0.25) is 5.91 Å². The second kappa shape index (κ2) is 9.37. The maximum absolute atomic E-state index is 12.3. The highest BCUT2D eigenvalue weighted by Gasteiger charge is 2.08. The van der Waals surface area contributed by atoms with Crippen LogP contribution in [0, 0.1) is 6.92 Å². The van der Waals surface area contributed by atoms with E-state index in [4.69, 9.17) is 9.47 Å². The Hall–Kier alpha value is -3.60. The minimum Gasteiger partial charge on any atom is -0.497 e. The van der Waals surface area contributed by atoms with Crippen molar-refractivity contribution in [3.05, 3.63) is 89.6 Å². The Bertz CT molecular complexity index is 983. The highest BCUT2D eigenvalue weighted by Crippen LogP contribution is 2.23. The predicted molar refractivity (Wildman–Crippen MR) is 110 cm³/mol. The average molecular weight is 374 g/mol. The maximum Gasteiger partial charge on any atom is 0.249 e. The standard InChI is InChI=1S/C23H22N2O3/c1-17-7-3-4-9-19(17)16-28-21-11-6-14-24-23(21)25-22(26)13-12-18-8-5-10-20(15-18)27-2/h3-15H,16H2,1-2H3,(H,24,25,26)/b13-12+. The van der Waals surface area contributed by atoms with Crippen molar-refractivity contribution in [1.82, 2.24) is 4.98 Å². The number of methoxy groups -OCH3 is 1. The number of nitrogens with one attached hydrogen (secondary N) is 1. The number of nitrogens with zero attached hydrogens (tertiary/aromatic N) is 1. The third-order valence-electron chi connectivity index (χ3n) is 4.18. The van der Waals surface area contributed by atoms with Crippen LogP contribution >= 0.6 is 0 Å². The lowest BCUT2D eigenvalue weighted by Crippen LogP contribution is -2.11. The van der Waals surface area contributed by atoms with Gasteiger partial charge < -0.3 is 14.8 Å². The minimum atomic E-state index is -0.290. The van der Waals surface area contributed by atoms with E-state index in [0.717, 1.165) is 22.4 Å². The van der Waals surface area contributed by atoms with Crippen molar-refractivity contribution in [2.24, 2.45) is 0 Å². The predicted octanol–water partition coefficient (Wildman–Crippen LogP) is 4.63. The Morgan fingerprint density at radius 2 is 1.96 bits per heavy atom. The lowest BCUT2D eigenvalue weighted by atomic mass is 10.1. The van der Waals surface area contributed by atoms with Crippen LogP contribution in [-0.4, -0.2) is 18.0 Å². The van der Waals surface area contributed by atoms with Crippen molar-refractivity contribution >= 4 is 17.8 Å². The molecule has 0 radical (unpaired) electrons. The molecule has 0 aliphatic rings. The molecule has 0 spiro atoms. The Labute approximate surface area is 164 Å². The molecule has 28 heavy (non-hydrogen) atoms. The fourth-order valence-corrected chi connectivity index (χ4v) is 2.60. The smallest absolute Gasteiger partial charge is 0.249 e. The molecule has 0 saturated heterocycles. The Morgan fingerprint density at radius 3 is 2.79 bits per heavy atom. The summed E-state index contributed by atoms with van der Waals surface area (Å²) in [5.41, 5.74) is 3.10. The van der Waals surface area contributed by atoms with Crippen molar-refractivity contribution in [3.8, 4) is 11.5 Å². The number of carbonyl (C=O) groups excluding carboxylic acids is 1. The van der Waals surface area contributed by atoms with Crippen molar-refractivity contribution in [2.45, 2.75) is 13.5 Å². The summed E-state index contributed by atoms with van der Waals surface area (Å²) in [6, 6.07) is 19.0. The molecule has 0 unspecified atom stereocenters. The summed E-state index contributed by atoms with van der Waals surface area (Å²) < 4.78 is 11.1. The minimum absolute atomic E-state index is 0.290. The van der Waals surface area contributed by atoms with Crippen LogP contribution in [0.3, 0.4) is 0 Å². The van der Waals surface area contributed by atoms with Gasteiger partial charge in [0, 0.05) is 12.3 Å². The van der Waals surface area contributed by atoms with Crippen molar-refractivity contribution in [2.75, 3.05) is 12.4 Å². The molecular formula is C23H22N2O3. The lowest BCUT2D eigenvalue weighted by Gasteiger charge is -2.12. The fourth-order valence-electron chi connectivity index (χ4n) is 2.60. The molecule has 142 valence electrons. The zero-order chi connectivity index (χ0) is 19.8. The van der Waals surface area contributed by atoms with E-state index in [0.29, 0.717) is 18.2 Å². The van der Waals surface area contributed by atoms with E-state index in [9.17, 15) is 4.79 Å². The monoisotopic (exact) mass is 374 g/mol. The van der Waals surface area contributed by atoms with Crippen LogP contribution in [0.4, 0.5) is 5.82 Å². The van der Waals surface area contributed by atoms with Crippen LogP contribution < -0.4 is 14.8 Å². The summed E-state index contributed by atoms with van der Waals surface area (Å²) in [4.78, 5) is 16.5. The number of benzene rings is 2. The van der Waals surface area contributed by atoms with Gasteiger partial charge in [0.05, 0.1) is 7.11 Å². The largest absolute Gasteiger partial charge is 0.497 e. The van der Waals surface area contributed by atoms with E-state index >= 15 is 0 Å². The zero-order valence-electron chi connectivity index (χ0n) is 15.9. The van der Waals surface area contributed by atoms with Crippen LogP contribution in [0.2, 0.25) is 0 Å². The van der Waals surface area contributed by atoms with E-state index in [-0.39, 0.29) is 5.91 Å². The van der Waals surface area contributed by atoms with Crippen LogP contribution in [0.15, 0.2) is 72.9 Å². The van der Waals surface area contributed by atoms with Gasteiger partial charge in [-0.2, -0.15) is 0 Å². The molecule has 3 aromatic rings. The number of hydrogen-bond donors (Lipinski definition) is 1. The maximum atomic E-state index is 12.3. The molecule has 0 aliphatic carbocycles. The van der Waals surface area contributed by atoms with Gasteiger partial charge in [0.1, 0.15) is 12.4 Å². The van der Waals surface area contributed by atoms with Gasteiger partial charge in [-0.25, -0.2) is 4.98 Å². The summed E-state index contributed by atoms with van der Waals surface area (Å²) in [5.74, 6) is 1.35. The van der Waals surface area contributed by atoms with Crippen LogP contribution in [-0.2, 0) is 11.4 Å². The summed E-state index contributed by atoms with van der Waals surface area (Å²) in [6.45, 7) is 2.44. The molecule has 0 saturated carbocycles. The first-order chi connectivity index (χ1) is 13.7. The van der Waals surface area contributed by atoms with Gasteiger partial charge >= 0.3 is 0 Å². The first-order valence-electron chi connectivity index (χ1n) is 8.91. The molecule has 5 nitrogen and oxygen atoms in total. The highest BCUT2D eigenvalue weighted by atomic mass is 16.5. The van der Waals surface area contributed by atoms with Crippen LogP contribution in [0.1, 0.15) is 16.7 Å². The number of carbonyl (C=O) groups is 1. The summed E-state index contributed by atoms with van der Waals surface area (Å²) >= 11 is 0. The van der Waals surface area contributed by atoms with Gasteiger partial charge in [0.25, 0.3) is 0 Å². The van der Waals surface area contributed by atoms with Crippen molar-refractivity contribution < 1.29 is 14.3 Å². The molecule has 1 aromatic heterocycles. The molecule has 0 atom stereocenters. The first-order valence-corrected chi connectivity index (χ1v) is 8.91. The second-order valence-electron chi connectivity index (χ2n) is 6.16. The van der Waals surface area contributed by atoms with Gasteiger partial charge in [-0.15, -0.1) is 0 Å². The zero-order valence-corrected chi connectivity index (χ0v) is 15.9. The lowest BCUT2D eigenvalue weighted by molar-refractivity contribution is -0.111. The fraction of sp³-hybridized carbons (Fsp3) is 0.130. The van der Waals surface area contributed by atoms with Crippen LogP contribution in [0.5, 0.6) is 11.5 Å². The molecule has 1 heterocycles. The molecule has 0 fully saturated rings. The number of pyridine rings is 1. The van der Waals surface area contributed by atoms with E-state index in [1.165, 1.54) is 6.08 Å². The van der Waals surface area contributed by atoms with Crippen LogP contribution in [0.25, 0.3) is 6.08 Å². The van der Waals surface area contributed by atoms with Gasteiger partial charge in [-0.3, -0.25) is 4.79 Å². The molecule has 0 aliphatic heterocycles. The second-order valence-corrected chi connectivity index (χ2v) is 6.16. The molecular weight excluding hydrogens is 352 g/mol. The summed E-state index contributed by atoms with van der Waals surface area (Å²) in [7, 11) is 1.61. The molecule has 0 bridgehead atoms. The van der Waals surface area contributed by atoms with E-state index in [1.54, 1.807) is 31.5 Å². The van der Waals surface area contributed by atoms with E-state index < -0.39 is 0 Å². The average Bonchev–Trinajstić information content (AvgIpc) is 2.73. The number of hydrogen-bond acceptors (Lipinski definition) is 4. The molecule has 1 amide bonds. The Kier molecular flexibility index (Phi) is 6.41. The Morgan fingerprint density at radius 1 is 1.11 bits per heavy atom. The Balaban J connectivity index is 1.66. The van der Waals surface area contributed by atoms with E-state index in [2.05, 4.69) is 10.3 Å². The SMILES string of the molecule is COc1cccc(/C=C/C(=O)Nc2ncccc2OCc2ccccc2C)c1. The van der Waals surface area contributed by atoms with E-state index in [1.807, 2.05) is 55.5 Å².